The Hall–Kier alpha value is -2.33. The van der Waals surface area contributed by atoms with Crippen LogP contribution in [0.1, 0.15) is 26.5 Å². The zero-order valence-corrected chi connectivity index (χ0v) is 10.7. The molecule has 7 heteroatoms. The van der Waals surface area contributed by atoms with Gasteiger partial charge in [0.15, 0.2) is 0 Å². The first-order valence-corrected chi connectivity index (χ1v) is 5.96. The quantitative estimate of drug-likeness (QED) is 0.765. The van der Waals surface area contributed by atoms with Crippen LogP contribution in [0.4, 0.5) is 10.7 Å². The van der Waals surface area contributed by atoms with Gasteiger partial charge in [-0.1, -0.05) is 0 Å². The topological polar surface area (TPSA) is 108 Å². The van der Waals surface area contributed by atoms with E-state index in [0.29, 0.717) is 10.6 Å². The number of aryl methyl sites for hydroxylation is 1. The van der Waals surface area contributed by atoms with Gasteiger partial charge in [-0.25, -0.2) is 0 Å². The first-order chi connectivity index (χ1) is 8.54. The van der Waals surface area contributed by atoms with E-state index < -0.39 is 5.91 Å². The lowest BCUT2D eigenvalue weighted by Gasteiger charge is -2.01. The van der Waals surface area contributed by atoms with Crippen LogP contribution in [0.3, 0.4) is 0 Å². The number of H-pyrrole nitrogens is 1. The van der Waals surface area contributed by atoms with Crippen LogP contribution in [0.5, 0.6) is 0 Å². The number of nitrogens with two attached hydrogens (primary N) is 1. The SMILES string of the molecule is Cc1sc(NC(=O)c2[nH]ncc2N)c(C#N)c1C. The highest BCUT2D eigenvalue weighted by Gasteiger charge is 2.17. The van der Waals surface area contributed by atoms with Gasteiger partial charge in [-0.05, 0) is 19.4 Å². The third-order valence-corrected chi connectivity index (χ3v) is 3.74. The molecule has 92 valence electrons. The molecule has 18 heavy (non-hydrogen) atoms. The molecule has 0 saturated carbocycles. The lowest BCUT2D eigenvalue weighted by Crippen LogP contribution is -2.14. The molecule has 2 rings (SSSR count). The van der Waals surface area contributed by atoms with Crippen molar-refractivity contribution in [1.82, 2.24) is 10.2 Å². The number of nitriles is 1. The fourth-order valence-electron chi connectivity index (χ4n) is 1.49. The van der Waals surface area contributed by atoms with Gasteiger partial charge in [0.05, 0.1) is 17.4 Å². The normalized spacial score (nSPS) is 10.1. The molecule has 0 bridgehead atoms. The Bertz CT molecular complexity index is 649. The number of amides is 1. The third kappa shape index (κ3) is 1.94. The first kappa shape index (κ1) is 12.1. The fourth-order valence-corrected chi connectivity index (χ4v) is 2.50. The van der Waals surface area contributed by atoms with Crippen molar-refractivity contribution in [2.75, 3.05) is 11.1 Å². The van der Waals surface area contributed by atoms with E-state index in [4.69, 9.17) is 11.0 Å². The van der Waals surface area contributed by atoms with E-state index >= 15 is 0 Å². The number of hydrogen-bond acceptors (Lipinski definition) is 5. The smallest absolute Gasteiger partial charge is 0.276 e. The number of hydrogen-bond donors (Lipinski definition) is 3. The minimum Gasteiger partial charge on any atom is -0.396 e. The number of anilines is 2. The maximum atomic E-state index is 11.9. The zero-order chi connectivity index (χ0) is 13.3. The molecule has 1 amide bonds. The highest BCUT2D eigenvalue weighted by Crippen LogP contribution is 2.32. The van der Waals surface area contributed by atoms with Gasteiger partial charge in [0.2, 0.25) is 0 Å². The molecule has 2 aromatic heterocycles. The second kappa shape index (κ2) is 4.50. The van der Waals surface area contributed by atoms with Crippen molar-refractivity contribution in [3.05, 3.63) is 27.9 Å². The van der Waals surface area contributed by atoms with E-state index in [1.807, 2.05) is 13.8 Å². The fraction of sp³-hybridized carbons (Fsp3) is 0.182. The van der Waals surface area contributed by atoms with Crippen molar-refractivity contribution in [2.45, 2.75) is 13.8 Å². The number of aromatic nitrogens is 2. The van der Waals surface area contributed by atoms with E-state index in [0.717, 1.165) is 10.4 Å². The van der Waals surface area contributed by atoms with Crippen LogP contribution in [0, 0.1) is 25.2 Å². The molecular weight excluding hydrogens is 250 g/mol. The number of rotatable bonds is 2. The average molecular weight is 261 g/mol. The molecule has 2 aromatic rings. The van der Waals surface area contributed by atoms with Crippen molar-refractivity contribution < 1.29 is 4.79 Å². The van der Waals surface area contributed by atoms with Gasteiger partial charge in [-0.15, -0.1) is 11.3 Å². The number of nitrogens with one attached hydrogen (secondary N) is 2. The molecule has 0 aliphatic carbocycles. The van der Waals surface area contributed by atoms with Crippen LogP contribution in [0.25, 0.3) is 0 Å². The first-order valence-electron chi connectivity index (χ1n) is 5.15. The second-order valence-corrected chi connectivity index (χ2v) is 4.98. The summed E-state index contributed by atoms with van der Waals surface area (Å²) in [5.41, 5.74) is 7.43. The number of nitrogen functional groups attached to an aromatic ring is 1. The Morgan fingerprint density at radius 3 is 2.89 bits per heavy atom. The molecule has 0 aliphatic rings. The van der Waals surface area contributed by atoms with Crippen LogP contribution in [-0.2, 0) is 0 Å². The average Bonchev–Trinajstić information content (AvgIpc) is 2.85. The summed E-state index contributed by atoms with van der Waals surface area (Å²) >= 11 is 1.37. The van der Waals surface area contributed by atoms with Crippen LogP contribution in [0.15, 0.2) is 6.20 Å². The summed E-state index contributed by atoms with van der Waals surface area (Å²) in [4.78, 5) is 12.9. The summed E-state index contributed by atoms with van der Waals surface area (Å²) in [6, 6.07) is 2.09. The van der Waals surface area contributed by atoms with Gasteiger partial charge in [-0.3, -0.25) is 9.89 Å². The predicted octanol–water partition coefficient (Wildman–Crippen LogP) is 1.79. The summed E-state index contributed by atoms with van der Waals surface area (Å²) in [5.74, 6) is -0.400. The molecule has 6 nitrogen and oxygen atoms in total. The molecular formula is C11H11N5OS. The standard InChI is InChI=1S/C11H11N5OS/c1-5-6(2)18-11(7(5)3-12)15-10(17)9-8(13)4-14-16-9/h4H,13H2,1-2H3,(H,14,16)(H,15,17). The number of thiophene rings is 1. The van der Waals surface area contributed by atoms with E-state index in [1.165, 1.54) is 17.5 Å². The van der Waals surface area contributed by atoms with Crippen molar-refractivity contribution in [3.63, 3.8) is 0 Å². The minimum absolute atomic E-state index is 0.197. The zero-order valence-electron chi connectivity index (χ0n) is 9.87. The molecule has 0 unspecified atom stereocenters. The van der Waals surface area contributed by atoms with Crippen molar-refractivity contribution in [2.24, 2.45) is 0 Å². The van der Waals surface area contributed by atoms with Crippen LogP contribution in [-0.4, -0.2) is 16.1 Å². The molecule has 0 radical (unpaired) electrons. The van der Waals surface area contributed by atoms with Gasteiger partial charge in [0.1, 0.15) is 16.8 Å². The summed E-state index contributed by atoms with van der Waals surface area (Å²) < 4.78 is 0. The maximum absolute atomic E-state index is 11.9. The molecule has 0 atom stereocenters. The Morgan fingerprint density at radius 2 is 2.33 bits per heavy atom. The Labute approximate surface area is 107 Å². The summed E-state index contributed by atoms with van der Waals surface area (Å²) in [7, 11) is 0. The van der Waals surface area contributed by atoms with Gasteiger partial charge in [0.25, 0.3) is 5.91 Å². The van der Waals surface area contributed by atoms with Crippen LogP contribution in [0.2, 0.25) is 0 Å². The molecule has 0 spiro atoms. The van der Waals surface area contributed by atoms with E-state index in [1.54, 1.807) is 0 Å². The lowest BCUT2D eigenvalue weighted by molar-refractivity contribution is 0.102. The molecule has 0 fully saturated rings. The number of aromatic amines is 1. The highest BCUT2D eigenvalue weighted by molar-refractivity contribution is 7.16. The van der Waals surface area contributed by atoms with Crippen molar-refractivity contribution in [1.29, 1.82) is 5.26 Å². The second-order valence-electron chi connectivity index (χ2n) is 3.75. The van der Waals surface area contributed by atoms with Crippen LogP contribution < -0.4 is 11.1 Å². The lowest BCUT2D eigenvalue weighted by atomic mass is 10.2. The molecule has 0 saturated heterocycles. The third-order valence-electron chi connectivity index (χ3n) is 2.62. The van der Waals surface area contributed by atoms with E-state index in [-0.39, 0.29) is 11.4 Å². The van der Waals surface area contributed by atoms with Crippen molar-refractivity contribution >= 4 is 27.9 Å². The monoisotopic (exact) mass is 261 g/mol. The Kier molecular flexibility index (Phi) is 3.04. The van der Waals surface area contributed by atoms with Crippen molar-refractivity contribution in [3.8, 4) is 6.07 Å². The molecule has 0 aliphatic heterocycles. The number of carbonyl (C=O) groups is 1. The minimum atomic E-state index is -0.400. The van der Waals surface area contributed by atoms with Crippen LogP contribution >= 0.6 is 11.3 Å². The summed E-state index contributed by atoms with van der Waals surface area (Å²) in [6.45, 7) is 3.76. The van der Waals surface area contributed by atoms with Gasteiger partial charge >= 0.3 is 0 Å². The van der Waals surface area contributed by atoms with Gasteiger partial charge in [0, 0.05) is 4.88 Å². The van der Waals surface area contributed by atoms with Gasteiger partial charge < -0.3 is 11.1 Å². The maximum Gasteiger partial charge on any atom is 0.276 e. The van der Waals surface area contributed by atoms with Gasteiger partial charge in [-0.2, -0.15) is 10.4 Å². The Balaban J connectivity index is 2.31. The molecule has 4 N–H and O–H groups in total. The molecule has 2 heterocycles. The number of carbonyl (C=O) groups excluding carboxylic acids is 1. The highest BCUT2D eigenvalue weighted by atomic mass is 32.1. The molecule has 0 aromatic carbocycles. The summed E-state index contributed by atoms with van der Waals surface area (Å²) in [5, 5.41) is 18.5. The van der Waals surface area contributed by atoms with E-state index in [2.05, 4.69) is 21.6 Å². The van der Waals surface area contributed by atoms with E-state index in [9.17, 15) is 4.79 Å². The largest absolute Gasteiger partial charge is 0.396 e. The number of nitrogens with zero attached hydrogens (tertiary/aromatic N) is 2. The Morgan fingerprint density at radius 1 is 1.61 bits per heavy atom. The summed E-state index contributed by atoms with van der Waals surface area (Å²) in [6.07, 6.45) is 1.37. The predicted molar refractivity (Wildman–Crippen MR) is 69.5 cm³/mol.